The number of aliphatic hydroxyl groups excluding tert-OH is 1. The molecule has 1 fully saturated rings. The van der Waals surface area contributed by atoms with Gasteiger partial charge < -0.3 is 15.4 Å². The van der Waals surface area contributed by atoms with E-state index in [2.05, 4.69) is 10.3 Å². The second kappa shape index (κ2) is 5.25. The highest BCUT2D eigenvalue weighted by atomic mass is 19.1. The minimum Gasteiger partial charge on any atom is -0.393 e. The van der Waals surface area contributed by atoms with Gasteiger partial charge in [0.15, 0.2) is 0 Å². The van der Waals surface area contributed by atoms with Gasteiger partial charge in [0.1, 0.15) is 5.82 Å². The van der Waals surface area contributed by atoms with Crippen molar-refractivity contribution in [3.63, 3.8) is 0 Å². The van der Waals surface area contributed by atoms with Gasteiger partial charge in [-0.3, -0.25) is 4.79 Å². The third kappa shape index (κ3) is 2.41. The van der Waals surface area contributed by atoms with Crippen LogP contribution in [0.5, 0.6) is 0 Å². The van der Waals surface area contributed by atoms with Crippen LogP contribution in [-0.4, -0.2) is 28.6 Å². The molecule has 0 bridgehead atoms. The molecule has 0 aliphatic heterocycles. The fraction of sp³-hybridized carbons (Fsp3) is 0.400. The number of amides is 1. The summed E-state index contributed by atoms with van der Waals surface area (Å²) in [6.07, 6.45) is 4.04. The lowest BCUT2D eigenvalue weighted by Crippen LogP contribution is -2.32. The molecule has 3 N–H and O–H groups in total. The van der Waals surface area contributed by atoms with Gasteiger partial charge in [-0.15, -0.1) is 0 Å². The molecule has 3 rings (SSSR count). The molecule has 0 saturated heterocycles. The van der Waals surface area contributed by atoms with Gasteiger partial charge in [0.05, 0.1) is 11.7 Å². The summed E-state index contributed by atoms with van der Waals surface area (Å²) < 4.78 is 13.1. The number of carbonyl (C=O) groups is 1. The van der Waals surface area contributed by atoms with Crippen molar-refractivity contribution in [3.05, 3.63) is 35.8 Å². The first-order valence-corrected chi connectivity index (χ1v) is 6.88. The molecule has 4 nitrogen and oxygen atoms in total. The first-order valence-electron chi connectivity index (χ1n) is 6.88. The van der Waals surface area contributed by atoms with Crippen LogP contribution in [0.25, 0.3) is 10.9 Å². The van der Waals surface area contributed by atoms with Gasteiger partial charge >= 0.3 is 0 Å². The van der Waals surface area contributed by atoms with Crippen molar-refractivity contribution in [2.45, 2.75) is 25.4 Å². The van der Waals surface area contributed by atoms with Crippen molar-refractivity contribution in [2.24, 2.45) is 5.92 Å². The predicted molar refractivity (Wildman–Crippen MR) is 73.9 cm³/mol. The lowest BCUT2D eigenvalue weighted by atomic mass is 10.1. The quantitative estimate of drug-likeness (QED) is 0.804. The predicted octanol–water partition coefficient (Wildman–Crippen LogP) is 2.20. The second-order valence-corrected chi connectivity index (χ2v) is 5.36. The molecule has 1 aliphatic carbocycles. The molecular formula is C15H17FN2O2. The Balaban J connectivity index is 1.72. The number of carbonyl (C=O) groups excluding carboxylic acids is 1. The Hall–Kier alpha value is -1.88. The lowest BCUT2D eigenvalue weighted by molar-refractivity contribution is 0.0918. The smallest absolute Gasteiger partial charge is 0.253 e. The molecular weight excluding hydrogens is 259 g/mol. The Labute approximate surface area is 116 Å². The summed E-state index contributed by atoms with van der Waals surface area (Å²) in [4.78, 5) is 15.1. The van der Waals surface area contributed by atoms with Crippen molar-refractivity contribution >= 4 is 16.8 Å². The topological polar surface area (TPSA) is 65.1 Å². The van der Waals surface area contributed by atoms with Crippen LogP contribution in [0, 0.1) is 11.7 Å². The van der Waals surface area contributed by atoms with Gasteiger partial charge in [0, 0.05) is 29.6 Å². The number of fused-ring (bicyclic) bond motifs is 1. The number of H-pyrrole nitrogens is 1. The van der Waals surface area contributed by atoms with Gasteiger partial charge in [-0.2, -0.15) is 0 Å². The molecule has 2 unspecified atom stereocenters. The largest absolute Gasteiger partial charge is 0.393 e. The van der Waals surface area contributed by atoms with Gasteiger partial charge in [-0.25, -0.2) is 4.39 Å². The zero-order valence-electron chi connectivity index (χ0n) is 11.0. The van der Waals surface area contributed by atoms with Crippen LogP contribution >= 0.6 is 0 Å². The number of aromatic nitrogens is 1. The highest BCUT2D eigenvalue weighted by Gasteiger charge is 2.25. The van der Waals surface area contributed by atoms with E-state index in [1.54, 1.807) is 12.3 Å². The zero-order valence-corrected chi connectivity index (χ0v) is 11.0. The molecule has 0 radical (unpaired) electrons. The van der Waals surface area contributed by atoms with Crippen LogP contribution in [0.3, 0.4) is 0 Å². The summed E-state index contributed by atoms with van der Waals surface area (Å²) in [7, 11) is 0. The van der Waals surface area contributed by atoms with Gasteiger partial charge in [-0.05, 0) is 31.0 Å². The van der Waals surface area contributed by atoms with E-state index < -0.39 is 0 Å². The van der Waals surface area contributed by atoms with Crippen LogP contribution in [0.4, 0.5) is 4.39 Å². The van der Waals surface area contributed by atoms with E-state index in [9.17, 15) is 14.3 Å². The van der Waals surface area contributed by atoms with Gasteiger partial charge in [0.25, 0.3) is 5.91 Å². The number of benzene rings is 1. The van der Waals surface area contributed by atoms with Crippen molar-refractivity contribution in [1.29, 1.82) is 0 Å². The van der Waals surface area contributed by atoms with E-state index >= 15 is 0 Å². The third-order valence-electron chi connectivity index (χ3n) is 4.03. The Morgan fingerprint density at radius 2 is 2.30 bits per heavy atom. The molecule has 1 aliphatic rings. The average Bonchev–Trinajstić information content (AvgIpc) is 3.02. The standard InChI is InChI=1S/C15H17FN2O2/c16-10-4-5-11-12(8-17-13(11)6-10)15(20)18-7-9-2-1-3-14(9)19/h4-6,8-9,14,17,19H,1-3,7H2,(H,18,20). The molecule has 106 valence electrons. The lowest BCUT2D eigenvalue weighted by Gasteiger charge is -2.14. The summed E-state index contributed by atoms with van der Waals surface area (Å²) in [6.45, 7) is 0.480. The Kier molecular flexibility index (Phi) is 3.44. The number of rotatable bonds is 3. The van der Waals surface area contributed by atoms with Crippen molar-refractivity contribution in [3.8, 4) is 0 Å². The highest BCUT2D eigenvalue weighted by molar-refractivity contribution is 6.06. The maximum Gasteiger partial charge on any atom is 0.253 e. The fourth-order valence-corrected chi connectivity index (χ4v) is 2.86. The number of hydrogen-bond donors (Lipinski definition) is 3. The Bertz CT molecular complexity index is 638. The maximum absolute atomic E-state index is 13.1. The molecule has 1 heterocycles. The van der Waals surface area contributed by atoms with E-state index in [1.807, 2.05) is 0 Å². The summed E-state index contributed by atoms with van der Waals surface area (Å²) in [5.41, 5.74) is 1.11. The van der Waals surface area contributed by atoms with Crippen molar-refractivity contribution < 1.29 is 14.3 Å². The molecule has 1 amide bonds. The summed E-state index contributed by atoms with van der Waals surface area (Å²) in [6, 6.07) is 4.31. The number of aliphatic hydroxyl groups is 1. The first kappa shape index (κ1) is 13.1. The third-order valence-corrected chi connectivity index (χ3v) is 4.03. The second-order valence-electron chi connectivity index (χ2n) is 5.36. The molecule has 2 aromatic rings. The minimum absolute atomic E-state index is 0.140. The molecule has 5 heteroatoms. The van der Waals surface area contributed by atoms with Crippen molar-refractivity contribution in [2.75, 3.05) is 6.54 Å². The van der Waals surface area contributed by atoms with Crippen LogP contribution in [0.2, 0.25) is 0 Å². The molecule has 0 spiro atoms. The maximum atomic E-state index is 13.1. The van der Waals surface area contributed by atoms with E-state index in [0.717, 1.165) is 19.3 Å². The summed E-state index contributed by atoms with van der Waals surface area (Å²) >= 11 is 0. The molecule has 1 aromatic carbocycles. The summed E-state index contributed by atoms with van der Waals surface area (Å²) in [5, 5.41) is 13.3. The van der Waals surface area contributed by atoms with E-state index in [1.165, 1.54) is 12.1 Å². The van der Waals surface area contributed by atoms with Gasteiger partial charge in [-0.1, -0.05) is 6.42 Å². The SMILES string of the molecule is O=C(NCC1CCCC1O)c1c[nH]c2cc(F)ccc12. The first-order chi connectivity index (χ1) is 9.65. The zero-order chi connectivity index (χ0) is 14.1. The molecule has 2 atom stereocenters. The van der Waals surface area contributed by atoms with E-state index in [4.69, 9.17) is 0 Å². The van der Waals surface area contributed by atoms with Crippen LogP contribution in [0.1, 0.15) is 29.6 Å². The molecule has 1 aromatic heterocycles. The monoisotopic (exact) mass is 276 g/mol. The number of nitrogens with one attached hydrogen (secondary N) is 2. The summed E-state index contributed by atoms with van der Waals surface area (Å²) in [5.74, 6) is -0.385. The fourth-order valence-electron chi connectivity index (χ4n) is 2.86. The Morgan fingerprint density at radius 1 is 1.45 bits per heavy atom. The molecule has 1 saturated carbocycles. The van der Waals surface area contributed by atoms with E-state index in [-0.39, 0.29) is 23.7 Å². The highest BCUT2D eigenvalue weighted by Crippen LogP contribution is 2.25. The molecule has 20 heavy (non-hydrogen) atoms. The van der Waals surface area contributed by atoms with Crippen LogP contribution < -0.4 is 5.32 Å². The minimum atomic E-state index is -0.333. The number of halogens is 1. The average molecular weight is 276 g/mol. The number of hydrogen-bond acceptors (Lipinski definition) is 2. The number of aromatic amines is 1. The van der Waals surface area contributed by atoms with E-state index in [0.29, 0.717) is 23.0 Å². The van der Waals surface area contributed by atoms with Gasteiger partial charge in [0.2, 0.25) is 0 Å². The van der Waals surface area contributed by atoms with Crippen LogP contribution in [0.15, 0.2) is 24.4 Å². The van der Waals surface area contributed by atoms with Crippen molar-refractivity contribution in [1.82, 2.24) is 10.3 Å². The Morgan fingerprint density at radius 3 is 3.05 bits per heavy atom. The van der Waals surface area contributed by atoms with Crippen LogP contribution in [-0.2, 0) is 0 Å². The normalized spacial score (nSPS) is 22.3.